The van der Waals surface area contributed by atoms with Gasteiger partial charge >= 0.3 is 0 Å². The Hall–Kier alpha value is -1.37. The molecule has 0 saturated heterocycles. The molecule has 1 amide bonds. The predicted molar refractivity (Wildman–Crippen MR) is 96.8 cm³/mol. The third-order valence-corrected chi connectivity index (χ3v) is 4.37. The second kappa shape index (κ2) is 7.95. The predicted octanol–water partition coefficient (Wildman–Crippen LogP) is 3.70. The molecule has 2 rings (SSSR count). The number of likely N-dealkylation sites (N-methyl/N-ethyl adjacent to an activating group) is 1. The van der Waals surface area contributed by atoms with E-state index in [4.69, 9.17) is 11.6 Å². The average molecular weight is 400 g/mol. The van der Waals surface area contributed by atoms with Crippen molar-refractivity contribution in [3.8, 4) is 0 Å². The van der Waals surface area contributed by atoms with Gasteiger partial charge in [-0.15, -0.1) is 0 Å². The Morgan fingerprint density at radius 3 is 2.83 bits per heavy atom. The van der Waals surface area contributed by atoms with E-state index < -0.39 is 0 Å². The van der Waals surface area contributed by atoms with Crippen LogP contribution in [0.3, 0.4) is 0 Å². The fourth-order valence-electron chi connectivity index (χ4n) is 2.33. The van der Waals surface area contributed by atoms with E-state index in [0.29, 0.717) is 17.3 Å². The summed E-state index contributed by atoms with van der Waals surface area (Å²) < 4.78 is 2.83. The smallest absolute Gasteiger partial charge is 0.238 e. The van der Waals surface area contributed by atoms with Gasteiger partial charge in [-0.1, -0.05) is 27.5 Å². The van der Waals surface area contributed by atoms with Crippen molar-refractivity contribution in [3.63, 3.8) is 0 Å². The van der Waals surface area contributed by atoms with E-state index in [-0.39, 0.29) is 12.5 Å². The van der Waals surface area contributed by atoms with E-state index in [1.54, 1.807) is 12.1 Å². The molecule has 1 heterocycles. The third-order valence-electron chi connectivity index (χ3n) is 3.56. The van der Waals surface area contributed by atoms with Crippen molar-refractivity contribution in [1.29, 1.82) is 0 Å². The molecule has 0 spiro atoms. The second-order valence-electron chi connectivity index (χ2n) is 5.42. The first-order chi connectivity index (χ1) is 10.9. The molecule has 0 fully saturated rings. The van der Waals surface area contributed by atoms with Gasteiger partial charge in [-0.05, 0) is 39.1 Å². The van der Waals surface area contributed by atoms with Crippen molar-refractivity contribution in [2.45, 2.75) is 26.9 Å². The van der Waals surface area contributed by atoms with Crippen molar-refractivity contribution < 1.29 is 4.79 Å². The lowest BCUT2D eigenvalue weighted by Gasteiger charge is -2.16. The topological polar surface area (TPSA) is 50.2 Å². The van der Waals surface area contributed by atoms with Gasteiger partial charge < -0.3 is 5.32 Å². The van der Waals surface area contributed by atoms with Gasteiger partial charge in [0.05, 0.1) is 23.5 Å². The molecule has 124 valence electrons. The fourth-order valence-corrected chi connectivity index (χ4v) is 3.05. The molecule has 23 heavy (non-hydrogen) atoms. The molecule has 0 unspecified atom stereocenters. The van der Waals surface area contributed by atoms with Crippen LogP contribution in [0.5, 0.6) is 0 Å². The number of amides is 1. The van der Waals surface area contributed by atoms with Crippen molar-refractivity contribution in [1.82, 2.24) is 14.7 Å². The van der Waals surface area contributed by atoms with Gasteiger partial charge in [0.2, 0.25) is 5.91 Å². The largest absolute Gasteiger partial charge is 0.324 e. The minimum atomic E-state index is -0.0998. The minimum Gasteiger partial charge on any atom is -0.324 e. The van der Waals surface area contributed by atoms with Gasteiger partial charge in [-0.2, -0.15) is 5.10 Å². The summed E-state index contributed by atoms with van der Waals surface area (Å²) in [6.45, 7) is 5.90. The quantitative estimate of drug-likeness (QED) is 0.806. The third kappa shape index (κ3) is 4.80. The summed E-state index contributed by atoms with van der Waals surface area (Å²) in [5.41, 5.74) is 2.88. The number of hydrogen-bond donors (Lipinski definition) is 1. The summed E-state index contributed by atoms with van der Waals surface area (Å²) in [6, 6.07) is 5.37. The number of rotatable bonds is 6. The Morgan fingerprint density at radius 2 is 2.22 bits per heavy atom. The van der Waals surface area contributed by atoms with Crippen LogP contribution in [-0.4, -0.2) is 34.2 Å². The maximum atomic E-state index is 12.2. The van der Waals surface area contributed by atoms with Crippen LogP contribution < -0.4 is 5.32 Å². The molecule has 0 aliphatic carbocycles. The van der Waals surface area contributed by atoms with Crippen molar-refractivity contribution in [2.24, 2.45) is 0 Å². The van der Waals surface area contributed by atoms with Crippen molar-refractivity contribution in [3.05, 3.63) is 45.1 Å². The van der Waals surface area contributed by atoms with E-state index in [1.165, 1.54) is 0 Å². The molecule has 0 atom stereocenters. The van der Waals surface area contributed by atoms with E-state index in [2.05, 4.69) is 33.3 Å². The van der Waals surface area contributed by atoms with Crippen LogP contribution in [0.1, 0.15) is 18.2 Å². The van der Waals surface area contributed by atoms with Crippen molar-refractivity contribution >= 4 is 39.1 Å². The first-order valence-corrected chi connectivity index (χ1v) is 8.52. The molecule has 5 nitrogen and oxygen atoms in total. The summed E-state index contributed by atoms with van der Waals surface area (Å²) in [6.07, 6.45) is 1.86. The number of benzene rings is 1. The SMILES string of the molecule is CCn1ncc(CN(C)CC(=O)Nc2ccc(Br)cc2Cl)c1C. The first kappa shape index (κ1) is 18.0. The van der Waals surface area contributed by atoms with Gasteiger partial charge in [0.25, 0.3) is 0 Å². The Bertz CT molecular complexity index is 701. The number of hydrogen-bond acceptors (Lipinski definition) is 3. The number of carbonyl (C=O) groups excluding carboxylic acids is 1. The molecule has 0 radical (unpaired) electrons. The van der Waals surface area contributed by atoms with Gasteiger partial charge in [-0.3, -0.25) is 14.4 Å². The number of nitrogens with one attached hydrogen (secondary N) is 1. The maximum absolute atomic E-state index is 12.2. The van der Waals surface area contributed by atoms with E-state index in [0.717, 1.165) is 22.3 Å². The molecule has 0 aliphatic rings. The standard InChI is InChI=1S/C16H20BrClN4O/c1-4-22-11(2)12(8-19-22)9-21(3)10-16(23)20-15-6-5-13(17)7-14(15)18/h5-8H,4,9-10H2,1-3H3,(H,20,23). The normalized spacial score (nSPS) is 11.0. The van der Waals surface area contributed by atoms with Gasteiger partial charge in [-0.25, -0.2) is 0 Å². The number of nitrogens with zero attached hydrogens (tertiary/aromatic N) is 3. The van der Waals surface area contributed by atoms with Crippen LogP contribution in [0.4, 0.5) is 5.69 Å². The summed E-state index contributed by atoms with van der Waals surface area (Å²) in [5.74, 6) is -0.0998. The van der Waals surface area contributed by atoms with Crippen LogP contribution in [0.15, 0.2) is 28.9 Å². The highest BCUT2D eigenvalue weighted by Gasteiger charge is 2.12. The second-order valence-corrected chi connectivity index (χ2v) is 6.74. The Morgan fingerprint density at radius 1 is 1.48 bits per heavy atom. The molecule has 0 aliphatic heterocycles. The zero-order valence-electron chi connectivity index (χ0n) is 13.4. The summed E-state index contributed by atoms with van der Waals surface area (Å²) in [7, 11) is 1.91. The average Bonchev–Trinajstić information content (AvgIpc) is 2.82. The summed E-state index contributed by atoms with van der Waals surface area (Å²) in [4.78, 5) is 14.1. The van der Waals surface area contributed by atoms with Crippen LogP contribution in [0, 0.1) is 6.92 Å². The van der Waals surface area contributed by atoms with E-state index in [9.17, 15) is 4.79 Å². The minimum absolute atomic E-state index is 0.0998. The molecular weight excluding hydrogens is 380 g/mol. The molecule has 0 saturated carbocycles. The van der Waals surface area contributed by atoms with Crippen LogP contribution in [0.2, 0.25) is 5.02 Å². The van der Waals surface area contributed by atoms with Crippen LogP contribution in [0.25, 0.3) is 0 Å². The molecule has 0 bridgehead atoms. The molecule has 1 N–H and O–H groups in total. The number of aryl methyl sites for hydroxylation is 1. The summed E-state index contributed by atoms with van der Waals surface area (Å²) >= 11 is 9.45. The Labute approximate surface area is 149 Å². The van der Waals surface area contributed by atoms with Crippen LogP contribution >= 0.6 is 27.5 Å². The molecule has 1 aromatic carbocycles. The zero-order valence-corrected chi connectivity index (χ0v) is 15.8. The monoisotopic (exact) mass is 398 g/mol. The first-order valence-electron chi connectivity index (χ1n) is 7.35. The molecule has 1 aromatic heterocycles. The van der Waals surface area contributed by atoms with Gasteiger partial charge in [0.1, 0.15) is 0 Å². The number of halogens is 2. The van der Waals surface area contributed by atoms with E-state index in [1.807, 2.05) is 35.8 Å². The Balaban J connectivity index is 1.92. The zero-order chi connectivity index (χ0) is 17.0. The van der Waals surface area contributed by atoms with E-state index >= 15 is 0 Å². The van der Waals surface area contributed by atoms with Gasteiger partial charge in [0.15, 0.2) is 0 Å². The maximum Gasteiger partial charge on any atom is 0.238 e. The number of anilines is 1. The van der Waals surface area contributed by atoms with Crippen molar-refractivity contribution in [2.75, 3.05) is 18.9 Å². The van der Waals surface area contributed by atoms with Crippen LogP contribution in [-0.2, 0) is 17.9 Å². The summed E-state index contributed by atoms with van der Waals surface area (Å²) in [5, 5.41) is 7.66. The molecular formula is C16H20BrClN4O. The molecule has 2 aromatic rings. The van der Waals surface area contributed by atoms with Gasteiger partial charge in [0, 0.05) is 28.8 Å². The number of aromatic nitrogens is 2. The highest BCUT2D eigenvalue weighted by Crippen LogP contribution is 2.25. The highest BCUT2D eigenvalue weighted by molar-refractivity contribution is 9.10. The number of carbonyl (C=O) groups is 1. The lowest BCUT2D eigenvalue weighted by molar-refractivity contribution is -0.117. The fraction of sp³-hybridized carbons (Fsp3) is 0.375. The highest BCUT2D eigenvalue weighted by atomic mass is 79.9. The molecule has 7 heteroatoms. The Kier molecular flexibility index (Phi) is 6.21. The lowest BCUT2D eigenvalue weighted by atomic mass is 10.2. The lowest BCUT2D eigenvalue weighted by Crippen LogP contribution is -2.30.